The first kappa shape index (κ1) is 14.9. The molecule has 0 aliphatic carbocycles. The van der Waals surface area contributed by atoms with Crippen molar-refractivity contribution in [3.05, 3.63) is 70.4 Å². The molecule has 1 heterocycles. The summed E-state index contributed by atoms with van der Waals surface area (Å²) in [4.78, 5) is 15.6. The highest BCUT2D eigenvalue weighted by Gasteiger charge is 2.09. The molecule has 0 aliphatic heterocycles. The number of nitriles is 1. The quantitative estimate of drug-likeness (QED) is 0.776. The topological polar surface area (TPSA) is 68.7 Å². The van der Waals surface area contributed by atoms with Gasteiger partial charge in [-0.3, -0.25) is 4.79 Å². The van der Waals surface area contributed by atoms with Crippen LogP contribution in [0.5, 0.6) is 0 Å². The Balaban J connectivity index is 1.75. The monoisotopic (exact) mass is 303 g/mol. The van der Waals surface area contributed by atoms with Crippen LogP contribution in [0.25, 0.3) is 10.9 Å². The molecular weight excluding hydrogens is 286 g/mol. The van der Waals surface area contributed by atoms with E-state index in [9.17, 15) is 4.79 Å². The number of H-pyrrole nitrogens is 1. The van der Waals surface area contributed by atoms with E-state index in [0.717, 1.165) is 22.2 Å². The van der Waals surface area contributed by atoms with Crippen molar-refractivity contribution in [2.24, 2.45) is 0 Å². The maximum Gasteiger partial charge on any atom is 0.251 e. The van der Waals surface area contributed by atoms with Gasteiger partial charge in [0, 0.05) is 28.7 Å². The van der Waals surface area contributed by atoms with Crippen LogP contribution in [0, 0.1) is 25.2 Å². The third-order valence-electron chi connectivity index (χ3n) is 4.11. The van der Waals surface area contributed by atoms with Gasteiger partial charge in [0.05, 0.1) is 11.6 Å². The van der Waals surface area contributed by atoms with E-state index in [-0.39, 0.29) is 5.91 Å². The van der Waals surface area contributed by atoms with Crippen LogP contribution in [0.4, 0.5) is 0 Å². The molecule has 0 aliphatic rings. The van der Waals surface area contributed by atoms with E-state index in [1.807, 2.05) is 44.2 Å². The summed E-state index contributed by atoms with van der Waals surface area (Å²) in [6.07, 6.45) is 0. The van der Waals surface area contributed by atoms with Crippen LogP contribution >= 0.6 is 0 Å². The lowest BCUT2D eigenvalue weighted by atomic mass is 10.1. The molecule has 2 N–H and O–H groups in total. The largest absolute Gasteiger partial charge is 0.358 e. The van der Waals surface area contributed by atoms with Crippen LogP contribution in [0.2, 0.25) is 0 Å². The number of fused-ring (bicyclic) bond motifs is 1. The molecule has 23 heavy (non-hydrogen) atoms. The molecule has 4 nitrogen and oxygen atoms in total. The molecule has 1 aromatic heterocycles. The molecule has 0 spiro atoms. The number of rotatable bonds is 3. The van der Waals surface area contributed by atoms with Gasteiger partial charge in [0.15, 0.2) is 0 Å². The van der Waals surface area contributed by atoms with E-state index < -0.39 is 0 Å². The molecule has 3 rings (SSSR count). The fourth-order valence-electron chi connectivity index (χ4n) is 2.58. The van der Waals surface area contributed by atoms with Crippen molar-refractivity contribution in [3.8, 4) is 6.07 Å². The Morgan fingerprint density at radius 2 is 1.91 bits per heavy atom. The van der Waals surface area contributed by atoms with E-state index >= 15 is 0 Å². The average molecular weight is 303 g/mol. The summed E-state index contributed by atoms with van der Waals surface area (Å²) in [5.41, 5.74) is 5.56. The second kappa shape index (κ2) is 5.98. The summed E-state index contributed by atoms with van der Waals surface area (Å²) >= 11 is 0. The maximum atomic E-state index is 12.3. The van der Waals surface area contributed by atoms with Crippen molar-refractivity contribution in [1.29, 1.82) is 5.26 Å². The number of hydrogen-bond donors (Lipinski definition) is 2. The van der Waals surface area contributed by atoms with Gasteiger partial charge in [0.25, 0.3) is 5.91 Å². The number of nitrogens with zero attached hydrogens (tertiary/aromatic N) is 1. The fraction of sp³-hybridized carbons (Fsp3) is 0.158. The van der Waals surface area contributed by atoms with Gasteiger partial charge in [-0.1, -0.05) is 12.1 Å². The van der Waals surface area contributed by atoms with E-state index in [2.05, 4.69) is 16.4 Å². The molecule has 4 heteroatoms. The van der Waals surface area contributed by atoms with Crippen LogP contribution in [-0.2, 0) is 6.54 Å². The second-order valence-corrected chi connectivity index (χ2v) is 5.63. The molecule has 0 radical (unpaired) electrons. The number of amides is 1. The number of carbonyl (C=O) groups is 1. The summed E-state index contributed by atoms with van der Waals surface area (Å²) in [6, 6.07) is 15.0. The number of hydrogen-bond acceptors (Lipinski definition) is 2. The van der Waals surface area contributed by atoms with E-state index in [1.165, 1.54) is 5.56 Å². The van der Waals surface area contributed by atoms with Gasteiger partial charge in [0.2, 0.25) is 0 Å². The van der Waals surface area contributed by atoms with Gasteiger partial charge in [-0.25, -0.2) is 0 Å². The number of aryl methyl sites for hydroxylation is 2. The predicted octanol–water partition coefficient (Wildman–Crippen LogP) is 3.59. The van der Waals surface area contributed by atoms with Crippen molar-refractivity contribution in [2.75, 3.05) is 0 Å². The second-order valence-electron chi connectivity index (χ2n) is 5.63. The number of aromatic amines is 1. The SMILES string of the molecule is Cc1[nH]c2ccc(C(=O)NCc3ccc(C#N)cc3)cc2c1C. The van der Waals surface area contributed by atoms with E-state index in [4.69, 9.17) is 5.26 Å². The Bertz CT molecular complexity index is 914. The van der Waals surface area contributed by atoms with Crippen molar-refractivity contribution in [1.82, 2.24) is 10.3 Å². The minimum absolute atomic E-state index is 0.102. The first-order valence-corrected chi connectivity index (χ1v) is 7.44. The number of aromatic nitrogens is 1. The lowest BCUT2D eigenvalue weighted by molar-refractivity contribution is 0.0951. The zero-order valence-corrected chi connectivity index (χ0v) is 13.1. The third kappa shape index (κ3) is 2.95. The van der Waals surface area contributed by atoms with Crippen molar-refractivity contribution in [3.63, 3.8) is 0 Å². The standard InChI is InChI=1S/C19H17N3O/c1-12-13(2)22-18-8-7-16(9-17(12)18)19(23)21-11-15-5-3-14(10-20)4-6-15/h3-9,22H,11H2,1-2H3,(H,21,23). The fourth-order valence-corrected chi connectivity index (χ4v) is 2.58. The normalized spacial score (nSPS) is 10.5. The summed E-state index contributed by atoms with van der Waals surface area (Å²) < 4.78 is 0. The molecule has 0 atom stereocenters. The average Bonchev–Trinajstić information content (AvgIpc) is 2.87. The summed E-state index contributed by atoms with van der Waals surface area (Å²) in [7, 11) is 0. The van der Waals surface area contributed by atoms with E-state index in [1.54, 1.807) is 12.1 Å². The highest BCUT2D eigenvalue weighted by Crippen LogP contribution is 2.22. The molecule has 3 aromatic rings. The van der Waals surface area contributed by atoms with Gasteiger partial charge >= 0.3 is 0 Å². The molecule has 0 bridgehead atoms. The minimum Gasteiger partial charge on any atom is -0.358 e. The van der Waals surface area contributed by atoms with Crippen LogP contribution in [0.15, 0.2) is 42.5 Å². The molecule has 114 valence electrons. The van der Waals surface area contributed by atoms with Crippen LogP contribution in [-0.4, -0.2) is 10.9 Å². The zero-order chi connectivity index (χ0) is 16.4. The molecule has 0 fully saturated rings. The zero-order valence-electron chi connectivity index (χ0n) is 13.1. The number of nitrogens with one attached hydrogen (secondary N) is 2. The van der Waals surface area contributed by atoms with Gasteiger partial charge in [-0.15, -0.1) is 0 Å². The summed E-state index contributed by atoms with van der Waals surface area (Å²) in [6.45, 7) is 4.51. The Labute approximate surface area is 134 Å². The highest BCUT2D eigenvalue weighted by molar-refractivity contribution is 5.99. The lowest BCUT2D eigenvalue weighted by Crippen LogP contribution is -2.22. The minimum atomic E-state index is -0.102. The third-order valence-corrected chi connectivity index (χ3v) is 4.11. The molecule has 0 saturated heterocycles. The highest BCUT2D eigenvalue weighted by atomic mass is 16.1. The van der Waals surface area contributed by atoms with Gasteiger partial charge in [0.1, 0.15) is 0 Å². The van der Waals surface area contributed by atoms with Crippen LogP contribution < -0.4 is 5.32 Å². The molecule has 2 aromatic carbocycles. The predicted molar refractivity (Wildman–Crippen MR) is 90.1 cm³/mol. The van der Waals surface area contributed by atoms with Gasteiger partial charge in [-0.2, -0.15) is 5.26 Å². The van der Waals surface area contributed by atoms with Crippen LogP contribution in [0.3, 0.4) is 0 Å². The molecular formula is C19H17N3O. The smallest absolute Gasteiger partial charge is 0.251 e. The van der Waals surface area contributed by atoms with E-state index in [0.29, 0.717) is 17.7 Å². The first-order valence-electron chi connectivity index (χ1n) is 7.44. The first-order chi connectivity index (χ1) is 11.1. The van der Waals surface area contributed by atoms with Crippen molar-refractivity contribution < 1.29 is 4.79 Å². The number of benzene rings is 2. The molecule has 0 saturated carbocycles. The number of carbonyl (C=O) groups excluding carboxylic acids is 1. The van der Waals surface area contributed by atoms with Crippen molar-refractivity contribution >= 4 is 16.8 Å². The Morgan fingerprint density at radius 3 is 2.61 bits per heavy atom. The molecule has 1 amide bonds. The Kier molecular flexibility index (Phi) is 3.86. The Morgan fingerprint density at radius 1 is 1.17 bits per heavy atom. The van der Waals surface area contributed by atoms with Crippen LogP contribution in [0.1, 0.15) is 32.7 Å². The lowest BCUT2D eigenvalue weighted by Gasteiger charge is -2.06. The van der Waals surface area contributed by atoms with Gasteiger partial charge in [-0.05, 0) is 55.3 Å². The Hall–Kier alpha value is -3.06. The van der Waals surface area contributed by atoms with Crippen molar-refractivity contribution in [2.45, 2.75) is 20.4 Å². The summed E-state index contributed by atoms with van der Waals surface area (Å²) in [5, 5.41) is 12.8. The summed E-state index contributed by atoms with van der Waals surface area (Å²) in [5.74, 6) is -0.102. The maximum absolute atomic E-state index is 12.3. The van der Waals surface area contributed by atoms with Gasteiger partial charge < -0.3 is 10.3 Å². The molecule has 0 unspecified atom stereocenters.